The summed E-state index contributed by atoms with van der Waals surface area (Å²) in [4.78, 5) is 31.8. The van der Waals surface area contributed by atoms with Crippen LogP contribution in [0.15, 0.2) is 73.2 Å². The first-order valence-electron chi connectivity index (χ1n) is 10.2. The number of anilines is 3. The Hall–Kier alpha value is -3.89. The van der Waals surface area contributed by atoms with Crippen molar-refractivity contribution in [3.63, 3.8) is 0 Å². The van der Waals surface area contributed by atoms with Crippen molar-refractivity contribution in [1.82, 2.24) is 19.9 Å². The predicted molar refractivity (Wildman–Crippen MR) is 134 cm³/mol. The Morgan fingerprint density at radius 2 is 1.67 bits per heavy atom. The molecule has 0 aliphatic heterocycles. The smallest absolute Gasteiger partial charge is 0.325 e. The first-order chi connectivity index (χ1) is 16.2. The lowest BCUT2D eigenvalue weighted by Gasteiger charge is -2.05. The molecule has 0 radical (unpaired) electrons. The fourth-order valence-electron chi connectivity index (χ4n) is 3.15. The Balaban J connectivity index is 1.19. The summed E-state index contributed by atoms with van der Waals surface area (Å²) in [5, 5.41) is 10.4. The van der Waals surface area contributed by atoms with Crippen LogP contribution in [0, 0.1) is 0 Å². The van der Waals surface area contributed by atoms with E-state index in [2.05, 4.69) is 30.9 Å². The molecule has 0 bridgehead atoms. The Bertz CT molecular complexity index is 1370. The summed E-state index contributed by atoms with van der Waals surface area (Å²) in [5.41, 5.74) is 2.56. The van der Waals surface area contributed by atoms with E-state index in [0.717, 1.165) is 37.9 Å². The average molecular weight is 474 g/mol. The number of hydrogen-bond acceptors (Lipinski definition) is 8. The molecule has 10 heteroatoms. The second-order valence-corrected chi connectivity index (χ2v) is 9.11. The number of carbonyl (C=O) groups is 1. The van der Waals surface area contributed by atoms with Gasteiger partial charge in [-0.15, -0.1) is 11.3 Å². The van der Waals surface area contributed by atoms with Gasteiger partial charge in [-0.1, -0.05) is 59.9 Å². The van der Waals surface area contributed by atoms with Crippen molar-refractivity contribution >= 4 is 55.7 Å². The number of nitrogens with one attached hydrogen (secondary N) is 3. The zero-order chi connectivity index (χ0) is 22.5. The number of urea groups is 1. The lowest BCUT2D eigenvalue weighted by atomic mass is 10.2. The van der Waals surface area contributed by atoms with Crippen LogP contribution in [-0.4, -0.2) is 32.5 Å². The number of nitrogens with zero attached hydrogens (tertiary/aromatic N) is 4. The predicted octanol–water partition coefficient (Wildman–Crippen LogP) is 5.51. The molecule has 0 saturated heterocycles. The van der Waals surface area contributed by atoms with E-state index in [4.69, 9.17) is 4.98 Å². The molecule has 164 valence electrons. The number of thiazole rings is 2. The molecule has 0 fully saturated rings. The first-order valence-corrected chi connectivity index (χ1v) is 11.9. The molecule has 8 nitrogen and oxygen atoms in total. The normalized spacial score (nSPS) is 10.8. The van der Waals surface area contributed by atoms with E-state index in [1.165, 1.54) is 11.3 Å². The molecule has 3 aromatic heterocycles. The number of carbonyl (C=O) groups excluding carboxylic acids is 1. The van der Waals surface area contributed by atoms with Gasteiger partial charge in [-0.3, -0.25) is 5.32 Å². The van der Waals surface area contributed by atoms with Gasteiger partial charge in [-0.2, -0.15) is 0 Å². The van der Waals surface area contributed by atoms with E-state index in [9.17, 15) is 4.79 Å². The number of para-hydroxylation sites is 1. The van der Waals surface area contributed by atoms with Crippen molar-refractivity contribution in [1.29, 1.82) is 0 Å². The Kier molecular flexibility index (Phi) is 6.18. The van der Waals surface area contributed by atoms with Crippen molar-refractivity contribution in [3.8, 4) is 10.6 Å². The summed E-state index contributed by atoms with van der Waals surface area (Å²) in [7, 11) is 0. The van der Waals surface area contributed by atoms with Crippen LogP contribution in [0.5, 0.6) is 0 Å². The van der Waals surface area contributed by atoms with E-state index in [0.29, 0.717) is 17.5 Å². The summed E-state index contributed by atoms with van der Waals surface area (Å²) in [6.45, 7) is 0.655. The van der Waals surface area contributed by atoms with E-state index in [1.54, 1.807) is 23.9 Å². The Labute approximate surface area is 197 Å². The van der Waals surface area contributed by atoms with Gasteiger partial charge in [-0.25, -0.2) is 24.7 Å². The molecule has 0 spiro atoms. The molecular weight excluding hydrogens is 454 g/mol. The molecule has 33 heavy (non-hydrogen) atoms. The maximum absolute atomic E-state index is 12.1. The molecule has 5 aromatic rings. The quantitative estimate of drug-likeness (QED) is 0.288. The molecule has 3 heterocycles. The molecule has 3 N–H and O–H groups in total. The first kappa shape index (κ1) is 21.0. The van der Waals surface area contributed by atoms with Crippen molar-refractivity contribution in [2.45, 2.75) is 6.42 Å². The molecule has 0 saturated carbocycles. The molecular formula is C23H19N7OS2. The number of benzene rings is 2. The van der Waals surface area contributed by atoms with E-state index in [-0.39, 0.29) is 6.03 Å². The van der Waals surface area contributed by atoms with Crippen molar-refractivity contribution in [2.75, 3.05) is 22.5 Å². The van der Waals surface area contributed by atoms with Gasteiger partial charge in [0, 0.05) is 35.3 Å². The zero-order valence-corrected chi connectivity index (χ0v) is 19.0. The van der Waals surface area contributed by atoms with E-state index >= 15 is 0 Å². The minimum atomic E-state index is -0.318. The summed E-state index contributed by atoms with van der Waals surface area (Å²) in [5.74, 6) is 0.712. The largest absolute Gasteiger partial charge is 0.368 e. The second kappa shape index (κ2) is 9.72. The number of rotatable bonds is 7. The molecule has 0 unspecified atom stereocenters. The third kappa shape index (κ3) is 5.13. The zero-order valence-electron chi connectivity index (χ0n) is 17.4. The lowest BCUT2D eigenvalue weighted by Crippen LogP contribution is -2.19. The minimum Gasteiger partial charge on any atom is -0.368 e. The van der Waals surface area contributed by atoms with Gasteiger partial charge in [-0.05, 0) is 12.1 Å². The topological polar surface area (TPSA) is 105 Å². The third-order valence-corrected chi connectivity index (χ3v) is 6.67. The number of fused-ring (bicyclic) bond motifs is 1. The van der Waals surface area contributed by atoms with Gasteiger partial charge in [0.15, 0.2) is 10.9 Å². The van der Waals surface area contributed by atoms with Gasteiger partial charge in [0.05, 0.1) is 0 Å². The minimum absolute atomic E-state index is 0.318. The standard InChI is InChI=1S/C23H19N7OS2/c31-22(28-16-9-5-2-6-10-16)30-23-25-13-17(32-23)11-12-24-19-18-21(27-14-26-19)33-20(29-18)15-7-3-1-4-8-15/h1-10,13-14H,11-12H2,(H,24,26,27)(H2,25,28,30,31). The van der Waals surface area contributed by atoms with Crippen LogP contribution in [0.25, 0.3) is 20.9 Å². The van der Waals surface area contributed by atoms with Gasteiger partial charge in [0.2, 0.25) is 0 Å². The van der Waals surface area contributed by atoms with Crippen molar-refractivity contribution in [3.05, 3.63) is 78.1 Å². The van der Waals surface area contributed by atoms with Crippen LogP contribution in [0.3, 0.4) is 0 Å². The Morgan fingerprint density at radius 3 is 2.48 bits per heavy atom. The maximum atomic E-state index is 12.1. The molecule has 5 rings (SSSR count). The van der Waals surface area contributed by atoms with Crippen LogP contribution < -0.4 is 16.0 Å². The van der Waals surface area contributed by atoms with Crippen LogP contribution >= 0.6 is 22.7 Å². The monoisotopic (exact) mass is 473 g/mol. The lowest BCUT2D eigenvalue weighted by molar-refractivity contribution is 0.262. The maximum Gasteiger partial charge on any atom is 0.325 e. The molecule has 0 aliphatic rings. The SMILES string of the molecule is O=C(Nc1ccccc1)Nc1ncc(CCNc2ncnc3sc(-c4ccccc4)nc23)s1. The van der Waals surface area contributed by atoms with Crippen molar-refractivity contribution in [2.24, 2.45) is 0 Å². The highest BCUT2D eigenvalue weighted by atomic mass is 32.1. The number of aromatic nitrogens is 4. The highest BCUT2D eigenvalue weighted by Crippen LogP contribution is 2.31. The van der Waals surface area contributed by atoms with E-state index < -0.39 is 0 Å². The molecule has 2 amide bonds. The fourth-order valence-corrected chi connectivity index (χ4v) is 4.87. The highest BCUT2D eigenvalue weighted by Gasteiger charge is 2.12. The summed E-state index contributed by atoms with van der Waals surface area (Å²) >= 11 is 2.99. The van der Waals surface area contributed by atoms with E-state index in [1.807, 2.05) is 60.7 Å². The number of amides is 2. The van der Waals surface area contributed by atoms with Gasteiger partial charge in [0.1, 0.15) is 21.7 Å². The Morgan fingerprint density at radius 1 is 0.879 bits per heavy atom. The van der Waals surface area contributed by atoms with Crippen LogP contribution in [0.2, 0.25) is 0 Å². The van der Waals surface area contributed by atoms with Crippen LogP contribution in [0.4, 0.5) is 21.4 Å². The van der Waals surface area contributed by atoms with Crippen LogP contribution in [-0.2, 0) is 6.42 Å². The van der Waals surface area contributed by atoms with Gasteiger partial charge in [0.25, 0.3) is 0 Å². The summed E-state index contributed by atoms with van der Waals surface area (Å²) in [6.07, 6.45) is 4.06. The second-order valence-electron chi connectivity index (χ2n) is 7.01. The average Bonchev–Trinajstić information content (AvgIpc) is 3.48. The van der Waals surface area contributed by atoms with Crippen molar-refractivity contribution < 1.29 is 4.79 Å². The van der Waals surface area contributed by atoms with Crippen LogP contribution in [0.1, 0.15) is 4.88 Å². The van der Waals surface area contributed by atoms with Gasteiger partial charge < -0.3 is 10.6 Å². The third-order valence-electron chi connectivity index (χ3n) is 4.69. The molecule has 0 atom stereocenters. The highest BCUT2D eigenvalue weighted by molar-refractivity contribution is 7.21. The summed E-state index contributed by atoms with van der Waals surface area (Å²) < 4.78 is 0. The van der Waals surface area contributed by atoms with Gasteiger partial charge >= 0.3 is 6.03 Å². The fraction of sp³-hybridized carbons (Fsp3) is 0.0870. The molecule has 0 aliphatic carbocycles. The summed E-state index contributed by atoms with van der Waals surface area (Å²) in [6, 6.07) is 19.0. The number of hydrogen-bond donors (Lipinski definition) is 3. The molecule has 2 aromatic carbocycles.